The highest BCUT2D eigenvalue weighted by Crippen LogP contribution is 2.43. The van der Waals surface area contributed by atoms with Crippen LogP contribution >= 0.6 is 7.82 Å². The van der Waals surface area contributed by atoms with Crippen LogP contribution in [0.15, 0.2) is 12.2 Å². The summed E-state index contributed by atoms with van der Waals surface area (Å²) >= 11 is 0. The number of likely N-dealkylation sites (N-methyl/N-ethyl adjacent to an activating group) is 1. The zero-order valence-corrected chi connectivity index (χ0v) is 57.2. The van der Waals surface area contributed by atoms with Crippen LogP contribution in [0.3, 0.4) is 0 Å². The van der Waals surface area contributed by atoms with Gasteiger partial charge in [-0.2, -0.15) is 0 Å². The molecule has 0 aromatic rings. The number of phosphoric ester groups is 1. The molecule has 3 atom stereocenters. The molecule has 0 rings (SSSR count). The molecule has 0 aliphatic carbocycles. The Morgan fingerprint density at radius 1 is 0.402 bits per heavy atom. The highest BCUT2D eigenvalue weighted by molar-refractivity contribution is 7.47. The topological polar surface area (TPSA) is 105 Å². The quantitative estimate of drug-likeness (QED) is 0.0243. The molecular formula is C73H148N2O6P+. The van der Waals surface area contributed by atoms with Crippen molar-refractivity contribution >= 4 is 13.7 Å². The number of quaternary nitrogens is 1. The van der Waals surface area contributed by atoms with Crippen LogP contribution in [0.2, 0.25) is 0 Å². The highest BCUT2D eigenvalue weighted by Gasteiger charge is 2.28. The molecule has 0 aromatic carbocycles. The van der Waals surface area contributed by atoms with Crippen molar-refractivity contribution in [3.05, 3.63) is 12.2 Å². The van der Waals surface area contributed by atoms with E-state index in [1.807, 2.05) is 27.2 Å². The number of aliphatic hydroxyl groups excluding tert-OH is 1. The van der Waals surface area contributed by atoms with E-state index in [0.717, 1.165) is 32.1 Å². The number of nitrogens with zero attached hydrogens (tertiary/aromatic N) is 1. The molecular weight excluding hydrogens is 1030 g/mol. The van der Waals surface area contributed by atoms with Gasteiger partial charge in [0.1, 0.15) is 13.2 Å². The van der Waals surface area contributed by atoms with Gasteiger partial charge >= 0.3 is 7.82 Å². The lowest BCUT2D eigenvalue weighted by Gasteiger charge is -2.25. The minimum Gasteiger partial charge on any atom is -0.387 e. The second-order valence-electron chi connectivity index (χ2n) is 27.0. The number of rotatable bonds is 70. The first-order valence-corrected chi connectivity index (χ1v) is 38.6. The van der Waals surface area contributed by atoms with Crippen LogP contribution in [-0.2, 0) is 18.4 Å². The summed E-state index contributed by atoms with van der Waals surface area (Å²) in [5.41, 5.74) is 0. The SMILES string of the molecule is CCCCCCCCCCCCCCCCCCCCCCCCCCCCCCCC/C=C/C(O)C(COP(=O)(O)OCC[N+](C)(C)C)NC(=O)CCCCCCCCCCCCCCCCCCCCCCCCCCCCCC. The number of carbonyl (C=O) groups is 1. The lowest BCUT2D eigenvalue weighted by atomic mass is 10.0. The van der Waals surface area contributed by atoms with Crippen molar-refractivity contribution in [1.29, 1.82) is 0 Å². The van der Waals surface area contributed by atoms with Crippen molar-refractivity contribution in [1.82, 2.24) is 5.32 Å². The summed E-state index contributed by atoms with van der Waals surface area (Å²) in [4.78, 5) is 23.4. The molecule has 0 aromatic heterocycles. The monoisotopic (exact) mass is 1180 g/mol. The molecule has 0 saturated carbocycles. The normalized spacial score (nSPS) is 13.6. The Morgan fingerprint density at radius 3 is 0.902 bits per heavy atom. The van der Waals surface area contributed by atoms with Crippen LogP contribution < -0.4 is 5.32 Å². The van der Waals surface area contributed by atoms with E-state index in [-0.39, 0.29) is 19.1 Å². The van der Waals surface area contributed by atoms with Crippen molar-refractivity contribution in [3.8, 4) is 0 Å². The molecule has 3 unspecified atom stereocenters. The first-order chi connectivity index (χ1) is 40.0. The summed E-state index contributed by atoms with van der Waals surface area (Å²) in [7, 11) is 1.60. The highest BCUT2D eigenvalue weighted by atomic mass is 31.2. The Kier molecular flexibility index (Phi) is 64.1. The van der Waals surface area contributed by atoms with E-state index in [1.54, 1.807) is 6.08 Å². The van der Waals surface area contributed by atoms with Crippen LogP contribution in [0.1, 0.15) is 399 Å². The van der Waals surface area contributed by atoms with Crippen LogP contribution in [0.5, 0.6) is 0 Å². The van der Waals surface area contributed by atoms with Crippen LogP contribution in [0.4, 0.5) is 0 Å². The Labute approximate surface area is 513 Å². The van der Waals surface area contributed by atoms with Gasteiger partial charge in [-0.05, 0) is 19.3 Å². The maximum atomic E-state index is 13.1. The Hall–Kier alpha value is -0.760. The number of unbranched alkanes of at least 4 members (excludes halogenated alkanes) is 57. The molecule has 3 N–H and O–H groups in total. The molecule has 0 radical (unpaired) electrons. The van der Waals surface area contributed by atoms with Gasteiger partial charge in [-0.15, -0.1) is 0 Å². The van der Waals surface area contributed by atoms with Crippen molar-refractivity contribution in [2.24, 2.45) is 0 Å². The average Bonchev–Trinajstić information content (AvgIpc) is 3.47. The van der Waals surface area contributed by atoms with Gasteiger partial charge in [0.2, 0.25) is 5.91 Å². The predicted octanol–water partition coefficient (Wildman–Crippen LogP) is 23.7. The summed E-state index contributed by atoms with van der Waals surface area (Å²) in [6.07, 6.45) is 83.8. The fourth-order valence-corrected chi connectivity index (χ4v) is 12.5. The lowest BCUT2D eigenvalue weighted by Crippen LogP contribution is -2.45. The zero-order chi connectivity index (χ0) is 59.8. The van der Waals surface area contributed by atoms with E-state index in [0.29, 0.717) is 17.4 Å². The number of phosphoric acid groups is 1. The standard InChI is InChI=1S/C73H147N2O6P/c1-6-8-10-12-14-16-18-20-22-24-26-28-30-32-34-36-37-38-39-40-42-44-46-48-50-52-54-56-58-60-62-64-66-72(76)71(70-81-82(78,79)80-69-68-75(3,4)5)74-73(77)67-65-63-61-59-57-55-53-51-49-47-45-43-41-35-33-31-29-27-25-23-21-19-17-15-13-11-9-7-2/h64,66,71-72,76H,6-63,65,67-70H2,1-5H3,(H-,74,77,78,79)/p+1/b66-64+. The summed E-state index contributed by atoms with van der Waals surface area (Å²) in [5.74, 6) is -0.166. The van der Waals surface area contributed by atoms with Gasteiger partial charge in [0.25, 0.3) is 0 Å². The Bertz CT molecular complexity index is 1340. The molecule has 490 valence electrons. The molecule has 0 bridgehead atoms. The van der Waals surface area contributed by atoms with Gasteiger partial charge in [0, 0.05) is 6.42 Å². The molecule has 0 heterocycles. The lowest BCUT2D eigenvalue weighted by molar-refractivity contribution is -0.870. The fourth-order valence-electron chi connectivity index (χ4n) is 11.8. The van der Waals surface area contributed by atoms with Gasteiger partial charge in [0.05, 0.1) is 39.9 Å². The molecule has 0 aliphatic rings. The van der Waals surface area contributed by atoms with Gasteiger partial charge < -0.3 is 19.8 Å². The van der Waals surface area contributed by atoms with Crippen LogP contribution in [0.25, 0.3) is 0 Å². The van der Waals surface area contributed by atoms with E-state index in [4.69, 9.17) is 9.05 Å². The third-order valence-corrected chi connectivity index (χ3v) is 18.5. The Morgan fingerprint density at radius 2 is 0.646 bits per heavy atom. The van der Waals surface area contributed by atoms with E-state index >= 15 is 0 Å². The number of amides is 1. The van der Waals surface area contributed by atoms with Crippen LogP contribution in [-0.4, -0.2) is 73.4 Å². The smallest absolute Gasteiger partial charge is 0.387 e. The largest absolute Gasteiger partial charge is 0.472 e. The van der Waals surface area contributed by atoms with E-state index in [9.17, 15) is 19.4 Å². The number of nitrogens with one attached hydrogen (secondary N) is 1. The second-order valence-corrected chi connectivity index (χ2v) is 28.5. The second kappa shape index (κ2) is 64.7. The molecule has 1 amide bonds. The number of hydrogen-bond acceptors (Lipinski definition) is 5. The van der Waals surface area contributed by atoms with Gasteiger partial charge in [-0.25, -0.2) is 4.57 Å². The summed E-state index contributed by atoms with van der Waals surface area (Å²) in [5, 5.41) is 14.0. The Balaban J connectivity index is 3.99. The number of carbonyl (C=O) groups excluding carboxylic acids is 1. The molecule has 0 aliphatic heterocycles. The molecule has 0 fully saturated rings. The molecule has 8 nitrogen and oxygen atoms in total. The number of allylic oxidation sites excluding steroid dienone is 1. The molecule has 0 saturated heterocycles. The molecule has 0 spiro atoms. The van der Waals surface area contributed by atoms with Crippen molar-refractivity contribution in [2.45, 2.75) is 411 Å². The summed E-state index contributed by atoms with van der Waals surface area (Å²) in [6.45, 7) is 4.90. The minimum absolute atomic E-state index is 0.0656. The molecule has 9 heteroatoms. The summed E-state index contributed by atoms with van der Waals surface area (Å²) in [6, 6.07) is -0.844. The van der Waals surface area contributed by atoms with Gasteiger partial charge in [-0.1, -0.05) is 386 Å². The first kappa shape index (κ1) is 81.2. The average molecular weight is 1180 g/mol. The first-order valence-electron chi connectivity index (χ1n) is 37.1. The fraction of sp³-hybridized carbons (Fsp3) is 0.959. The molecule has 82 heavy (non-hydrogen) atoms. The summed E-state index contributed by atoms with van der Waals surface area (Å²) < 4.78 is 23.9. The van der Waals surface area contributed by atoms with E-state index in [2.05, 4.69) is 19.2 Å². The number of aliphatic hydroxyl groups is 1. The van der Waals surface area contributed by atoms with E-state index < -0.39 is 20.0 Å². The maximum Gasteiger partial charge on any atom is 0.472 e. The van der Waals surface area contributed by atoms with E-state index in [1.165, 1.54) is 347 Å². The van der Waals surface area contributed by atoms with Gasteiger partial charge in [0.15, 0.2) is 0 Å². The zero-order valence-electron chi connectivity index (χ0n) is 56.3. The minimum atomic E-state index is -4.35. The van der Waals surface area contributed by atoms with Crippen LogP contribution in [0, 0.1) is 0 Å². The third-order valence-electron chi connectivity index (χ3n) is 17.5. The predicted molar refractivity (Wildman–Crippen MR) is 360 cm³/mol. The maximum absolute atomic E-state index is 13.1. The third kappa shape index (κ3) is 66.8. The van der Waals surface area contributed by atoms with Crippen molar-refractivity contribution in [3.63, 3.8) is 0 Å². The van der Waals surface area contributed by atoms with Crippen molar-refractivity contribution < 1.29 is 32.9 Å². The number of hydrogen-bond donors (Lipinski definition) is 3. The van der Waals surface area contributed by atoms with Crippen molar-refractivity contribution in [2.75, 3.05) is 40.9 Å². The van der Waals surface area contributed by atoms with Gasteiger partial charge in [-0.3, -0.25) is 13.8 Å².